The first-order valence-corrected chi connectivity index (χ1v) is 11.3. The molecule has 8 nitrogen and oxygen atoms in total. The van der Waals surface area contributed by atoms with Gasteiger partial charge in [0.05, 0.1) is 13.2 Å². The van der Waals surface area contributed by atoms with Crippen molar-refractivity contribution in [2.75, 3.05) is 33.4 Å². The third-order valence-electron chi connectivity index (χ3n) is 5.17. The molecule has 1 aliphatic carbocycles. The summed E-state index contributed by atoms with van der Waals surface area (Å²) in [4.78, 5) is 36.0. The lowest BCUT2D eigenvalue weighted by Crippen LogP contribution is -2.28. The van der Waals surface area contributed by atoms with E-state index < -0.39 is 6.09 Å². The number of ketones is 1. The Bertz CT molecular complexity index is 789. The Morgan fingerprint density at radius 3 is 2.47 bits per heavy atom. The molecule has 176 valence electrons. The predicted molar refractivity (Wildman–Crippen MR) is 122 cm³/mol. The Hall–Kier alpha value is -2.87. The lowest BCUT2D eigenvalue weighted by molar-refractivity contribution is -0.126. The summed E-state index contributed by atoms with van der Waals surface area (Å²) in [6.07, 6.45) is 4.82. The Labute approximate surface area is 190 Å². The van der Waals surface area contributed by atoms with Gasteiger partial charge >= 0.3 is 6.09 Å². The third kappa shape index (κ3) is 8.70. The second-order valence-corrected chi connectivity index (χ2v) is 7.69. The maximum atomic E-state index is 12.8. The van der Waals surface area contributed by atoms with E-state index in [0.29, 0.717) is 31.7 Å². The van der Waals surface area contributed by atoms with E-state index in [1.807, 2.05) is 38.2 Å². The Balaban J connectivity index is 1.65. The number of alkyl carbamates (subject to hydrolysis) is 1. The van der Waals surface area contributed by atoms with Gasteiger partial charge in [0.25, 0.3) is 0 Å². The summed E-state index contributed by atoms with van der Waals surface area (Å²) in [7, 11) is 1.87. The quantitative estimate of drug-likeness (QED) is 0.318. The van der Waals surface area contributed by atoms with E-state index in [4.69, 9.17) is 9.47 Å². The minimum atomic E-state index is -0.435. The maximum Gasteiger partial charge on any atom is 0.407 e. The van der Waals surface area contributed by atoms with Crippen LogP contribution in [0.25, 0.3) is 0 Å². The fourth-order valence-corrected chi connectivity index (χ4v) is 3.40. The van der Waals surface area contributed by atoms with Crippen LogP contribution in [0.3, 0.4) is 0 Å². The van der Waals surface area contributed by atoms with Crippen LogP contribution in [-0.4, -0.2) is 51.2 Å². The molecule has 2 amide bonds. The van der Waals surface area contributed by atoms with Gasteiger partial charge < -0.3 is 25.4 Å². The van der Waals surface area contributed by atoms with Crippen LogP contribution < -0.4 is 16.0 Å². The largest absolute Gasteiger partial charge is 0.449 e. The number of allylic oxidation sites excluding steroid dienone is 2. The minimum absolute atomic E-state index is 0.0560. The third-order valence-corrected chi connectivity index (χ3v) is 5.17. The summed E-state index contributed by atoms with van der Waals surface area (Å²) in [5, 5.41) is 8.57. The van der Waals surface area contributed by atoms with E-state index in [2.05, 4.69) is 16.0 Å². The first-order chi connectivity index (χ1) is 15.5. The summed E-state index contributed by atoms with van der Waals surface area (Å²) < 4.78 is 10.3. The molecule has 32 heavy (non-hydrogen) atoms. The van der Waals surface area contributed by atoms with Crippen molar-refractivity contribution in [3.05, 3.63) is 46.7 Å². The molecule has 0 bridgehead atoms. The number of ether oxygens (including phenoxy) is 2. The van der Waals surface area contributed by atoms with Gasteiger partial charge in [0, 0.05) is 43.4 Å². The molecular formula is C24H35N3O5. The molecule has 1 aromatic rings. The molecule has 8 heteroatoms. The van der Waals surface area contributed by atoms with Crippen LogP contribution in [0.1, 0.15) is 61.4 Å². The monoisotopic (exact) mass is 445 g/mol. The van der Waals surface area contributed by atoms with Crippen molar-refractivity contribution in [1.82, 2.24) is 16.0 Å². The van der Waals surface area contributed by atoms with Crippen LogP contribution in [0.4, 0.5) is 4.79 Å². The van der Waals surface area contributed by atoms with Gasteiger partial charge in [-0.25, -0.2) is 4.79 Å². The van der Waals surface area contributed by atoms with Crippen molar-refractivity contribution in [2.24, 2.45) is 0 Å². The number of Topliss-reactive ketones (excluding diaryl/α,β-unsaturated/α-hetero) is 1. The fraction of sp³-hybridized carbons (Fsp3) is 0.542. The van der Waals surface area contributed by atoms with Crippen LogP contribution in [0, 0.1) is 0 Å². The number of carbonyl (C=O) groups excluding carboxylic acids is 3. The smallest absolute Gasteiger partial charge is 0.407 e. The Morgan fingerprint density at radius 2 is 1.75 bits per heavy atom. The highest BCUT2D eigenvalue weighted by Crippen LogP contribution is 2.25. The zero-order chi connectivity index (χ0) is 23.2. The van der Waals surface area contributed by atoms with Gasteiger partial charge in [0.2, 0.25) is 5.91 Å². The first kappa shape index (κ1) is 25.4. The molecule has 0 spiro atoms. The summed E-state index contributed by atoms with van der Waals surface area (Å²) in [6.45, 7) is 3.43. The topological polar surface area (TPSA) is 106 Å². The van der Waals surface area contributed by atoms with Crippen LogP contribution in [-0.2, 0) is 20.8 Å². The summed E-state index contributed by atoms with van der Waals surface area (Å²) in [5.74, 6) is -0.150. The molecule has 1 aliphatic rings. The molecule has 0 saturated heterocycles. The van der Waals surface area contributed by atoms with E-state index >= 15 is 0 Å². The number of hydrogen-bond donors (Lipinski definition) is 3. The average Bonchev–Trinajstić information content (AvgIpc) is 2.83. The number of hydrogen-bond acceptors (Lipinski definition) is 6. The Morgan fingerprint density at radius 1 is 1.00 bits per heavy atom. The van der Waals surface area contributed by atoms with Crippen LogP contribution >= 0.6 is 0 Å². The van der Waals surface area contributed by atoms with Crippen molar-refractivity contribution in [3.63, 3.8) is 0 Å². The lowest BCUT2D eigenvalue weighted by atomic mass is 9.90. The zero-order valence-corrected chi connectivity index (χ0v) is 19.1. The first-order valence-electron chi connectivity index (χ1n) is 11.3. The van der Waals surface area contributed by atoms with Gasteiger partial charge in [-0.2, -0.15) is 0 Å². The highest BCUT2D eigenvalue weighted by atomic mass is 16.5. The van der Waals surface area contributed by atoms with Gasteiger partial charge in [0.1, 0.15) is 6.61 Å². The van der Waals surface area contributed by atoms with Crippen molar-refractivity contribution < 1.29 is 23.9 Å². The van der Waals surface area contributed by atoms with Gasteiger partial charge in [0.15, 0.2) is 5.78 Å². The molecule has 0 fully saturated rings. The molecule has 0 aliphatic heterocycles. The second-order valence-electron chi connectivity index (χ2n) is 7.69. The molecule has 2 rings (SSSR count). The Kier molecular flexibility index (Phi) is 11.3. The van der Waals surface area contributed by atoms with E-state index in [1.54, 1.807) is 0 Å². The summed E-state index contributed by atoms with van der Waals surface area (Å²) >= 11 is 0. The molecule has 3 N–H and O–H groups in total. The molecule has 0 atom stereocenters. The number of rotatable bonds is 13. The van der Waals surface area contributed by atoms with Crippen LogP contribution in [0.5, 0.6) is 0 Å². The second kappa shape index (κ2) is 14.2. The van der Waals surface area contributed by atoms with E-state index in [-0.39, 0.29) is 24.9 Å². The molecule has 0 radical (unpaired) electrons. The highest BCUT2D eigenvalue weighted by Gasteiger charge is 2.19. The maximum absolute atomic E-state index is 12.8. The SMILES string of the molecule is CCCNC(=O)OCCCOCC(=O)NCc1ccc(C(=O)C2=C(NC)CCCC2)cc1. The molecule has 0 aromatic heterocycles. The van der Waals surface area contributed by atoms with Gasteiger partial charge in [-0.1, -0.05) is 31.2 Å². The van der Waals surface area contributed by atoms with Crippen molar-refractivity contribution >= 4 is 17.8 Å². The fourth-order valence-electron chi connectivity index (χ4n) is 3.40. The number of nitrogens with one attached hydrogen (secondary N) is 3. The standard InChI is InChI=1S/C24H35N3O5/c1-3-13-26-24(30)32-15-6-14-31-17-22(28)27-16-18-9-11-19(12-10-18)23(29)20-7-4-5-8-21(20)25-2/h9-12,25H,3-8,13-17H2,1-2H3,(H,26,30)(H,27,28). The van der Waals surface area contributed by atoms with E-state index in [9.17, 15) is 14.4 Å². The minimum Gasteiger partial charge on any atom is -0.449 e. The number of carbonyl (C=O) groups is 3. The van der Waals surface area contributed by atoms with Gasteiger partial charge in [-0.15, -0.1) is 0 Å². The number of benzene rings is 1. The number of amides is 2. The van der Waals surface area contributed by atoms with E-state index in [0.717, 1.165) is 48.9 Å². The van der Waals surface area contributed by atoms with Crippen LogP contribution in [0.2, 0.25) is 0 Å². The van der Waals surface area contributed by atoms with E-state index in [1.165, 1.54) is 0 Å². The van der Waals surface area contributed by atoms with Crippen molar-refractivity contribution in [3.8, 4) is 0 Å². The van der Waals surface area contributed by atoms with Crippen molar-refractivity contribution in [1.29, 1.82) is 0 Å². The molecule has 0 unspecified atom stereocenters. The summed E-state index contributed by atoms with van der Waals surface area (Å²) in [5.41, 5.74) is 3.50. The zero-order valence-electron chi connectivity index (χ0n) is 19.1. The molecule has 0 heterocycles. The van der Waals surface area contributed by atoms with Gasteiger partial charge in [-0.3, -0.25) is 9.59 Å². The van der Waals surface area contributed by atoms with Crippen LogP contribution in [0.15, 0.2) is 35.5 Å². The molecular weight excluding hydrogens is 410 g/mol. The molecule has 1 aromatic carbocycles. The van der Waals surface area contributed by atoms with Gasteiger partial charge in [-0.05, 0) is 37.7 Å². The van der Waals surface area contributed by atoms with Crippen molar-refractivity contribution in [2.45, 2.75) is 52.0 Å². The predicted octanol–water partition coefficient (Wildman–Crippen LogP) is 3.08. The normalized spacial score (nSPS) is 13.4. The average molecular weight is 446 g/mol. The lowest BCUT2D eigenvalue weighted by Gasteiger charge is -2.19. The molecule has 0 saturated carbocycles. The summed E-state index contributed by atoms with van der Waals surface area (Å²) in [6, 6.07) is 7.34. The highest BCUT2D eigenvalue weighted by molar-refractivity contribution is 6.09.